The zero-order valence-corrected chi connectivity index (χ0v) is 18.3. The molecule has 1 atom stereocenters. The average Bonchev–Trinajstić information content (AvgIpc) is 3.54. The van der Waals surface area contributed by atoms with Crippen LogP contribution < -0.4 is 14.4 Å². The normalized spacial score (nSPS) is 14.2. The molecule has 0 spiro atoms. The Morgan fingerprint density at radius 1 is 1.13 bits per heavy atom. The minimum atomic E-state index is 0.00115. The second-order valence-electron chi connectivity index (χ2n) is 7.62. The number of methoxy groups -OCH3 is 1. The highest BCUT2D eigenvalue weighted by Crippen LogP contribution is 2.38. The maximum absolute atomic E-state index is 13.4. The molecule has 1 fully saturated rings. The number of nitrogens with zero attached hydrogens (tertiary/aromatic N) is 2. The number of carbonyl (C=O) groups excluding carboxylic acids is 1. The third kappa shape index (κ3) is 4.65. The molecule has 4 rings (SSSR count). The van der Waals surface area contributed by atoms with Crippen LogP contribution in [0, 0.1) is 12.8 Å². The second-order valence-corrected chi connectivity index (χ2v) is 8.68. The molecule has 1 heterocycles. The number of anilines is 1. The zero-order chi connectivity index (χ0) is 21.1. The van der Waals surface area contributed by atoms with Crippen LogP contribution in [0.1, 0.15) is 40.8 Å². The van der Waals surface area contributed by atoms with Crippen molar-refractivity contribution in [3.8, 4) is 11.5 Å². The van der Waals surface area contributed by atoms with Crippen molar-refractivity contribution in [2.45, 2.75) is 39.3 Å². The Labute approximate surface area is 181 Å². The van der Waals surface area contributed by atoms with Crippen LogP contribution in [0.2, 0.25) is 0 Å². The van der Waals surface area contributed by atoms with Crippen LogP contribution in [-0.2, 0) is 6.61 Å². The van der Waals surface area contributed by atoms with Crippen molar-refractivity contribution in [3.63, 3.8) is 0 Å². The molecular weight excluding hydrogens is 396 g/mol. The van der Waals surface area contributed by atoms with Crippen molar-refractivity contribution >= 4 is 22.9 Å². The summed E-state index contributed by atoms with van der Waals surface area (Å²) in [6.07, 6.45) is 2.34. The van der Waals surface area contributed by atoms with E-state index in [1.165, 1.54) is 12.8 Å². The van der Waals surface area contributed by atoms with E-state index in [9.17, 15) is 4.79 Å². The van der Waals surface area contributed by atoms with Crippen LogP contribution in [0.3, 0.4) is 0 Å². The first-order chi connectivity index (χ1) is 14.5. The van der Waals surface area contributed by atoms with E-state index >= 15 is 0 Å². The van der Waals surface area contributed by atoms with Gasteiger partial charge in [-0.25, -0.2) is 4.98 Å². The zero-order valence-electron chi connectivity index (χ0n) is 17.5. The van der Waals surface area contributed by atoms with Gasteiger partial charge >= 0.3 is 0 Å². The summed E-state index contributed by atoms with van der Waals surface area (Å²) in [6, 6.07) is 15.2. The molecule has 0 saturated heterocycles. The van der Waals surface area contributed by atoms with Crippen LogP contribution in [0.25, 0.3) is 0 Å². The van der Waals surface area contributed by atoms with E-state index in [2.05, 4.69) is 11.9 Å². The topological polar surface area (TPSA) is 51.7 Å². The summed E-state index contributed by atoms with van der Waals surface area (Å²) in [4.78, 5) is 19.7. The third-order valence-corrected chi connectivity index (χ3v) is 6.26. The van der Waals surface area contributed by atoms with Crippen molar-refractivity contribution in [1.82, 2.24) is 4.98 Å². The number of hydrogen-bond acceptors (Lipinski definition) is 5. The van der Waals surface area contributed by atoms with Gasteiger partial charge in [0.15, 0.2) is 0 Å². The summed E-state index contributed by atoms with van der Waals surface area (Å²) in [5.41, 5.74) is 2.45. The van der Waals surface area contributed by atoms with Crippen LogP contribution in [-0.4, -0.2) is 24.0 Å². The molecule has 1 aliphatic rings. The Hall–Kier alpha value is -2.86. The molecule has 1 unspecified atom stereocenters. The molecule has 0 radical (unpaired) electrons. The number of ether oxygens (including phenoxy) is 2. The van der Waals surface area contributed by atoms with E-state index < -0.39 is 0 Å². The van der Waals surface area contributed by atoms with Gasteiger partial charge in [-0.3, -0.25) is 4.79 Å². The fourth-order valence-electron chi connectivity index (χ4n) is 3.53. The van der Waals surface area contributed by atoms with E-state index in [0.29, 0.717) is 18.1 Å². The molecule has 3 aromatic rings. The second kappa shape index (κ2) is 8.88. The molecule has 0 aliphatic heterocycles. The van der Waals surface area contributed by atoms with Gasteiger partial charge in [-0.15, -0.1) is 11.3 Å². The summed E-state index contributed by atoms with van der Waals surface area (Å²) < 4.78 is 11.1. The van der Waals surface area contributed by atoms with Crippen molar-refractivity contribution in [2.24, 2.45) is 5.92 Å². The van der Waals surface area contributed by atoms with Gasteiger partial charge < -0.3 is 14.4 Å². The number of aromatic nitrogens is 1. The monoisotopic (exact) mass is 422 g/mol. The minimum Gasteiger partial charge on any atom is -0.497 e. The highest BCUT2D eigenvalue weighted by molar-refractivity contribution is 7.09. The van der Waals surface area contributed by atoms with E-state index in [4.69, 9.17) is 9.47 Å². The molecule has 0 N–H and O–H groups in total. The lowest BCUT2D eigenvalue weighted by Crippen LogP contribution is -2.40. The largest absolute Gasteiger partial charge is 0.497 e. The van der Waals surface area contributed by atoms with Crippen molar-refractivity contribution in [2.75, 3.05) is 12.0 Å². The Bertz CT molecular complexity index is 994. The molecule has 0 bridgehead atoms. The lowest BCUT2D eigenvalue weighted by Gasteiger charge is -2.30. The van der Waals surface area contributed by atoms with Gasteiger partial charge in [-0.05, 0) is 81.1 Å². The lowest BCUT2D eigenvalue weighted by atomic mass is 10.1. The maximum Gasteiger partial charge on any atom is 0.258 e. The molecule has 2 aromatic carbocycles. The Morgan fingerprint density at radius 2 is 1.80 bits per heavy atom. The summed E-state index contributed by atoms with van der Waals surface area (Å²) >= 11 is 1.61. The SMILES string of the molecule is COc1ccc(N(C(=O)c2ccc(OCc3csc(C)n3)cc2)C(C)C2CC2)cc1. The maximum atomic E-state index is 13.4. The molecule has 1 aromatic heterocycles. The van der Waals surface area contributed by atoms with E-state index in [-0.39, 0.29) is 11.9 Å². The van der Waals surface area contributed by atoms with Gasteiger partial charge in [0.05, 0.1) is 17.8 Å². The summed E-state index contributed by atoms with van der Waals surface area (Å²) in [5, 5.41) is 3.03. The average molecular weight is 423 g/mol. The predicted octanol–water partition coefficient (Wildman–Crippen LogP) is 5.48. The quantitative estimate of drug-likeness (QED) is 0.482. The van der Waals surface area contributed by atoms with E-state index in [1.54, 1.807) is 18.4 Å². The smallest absolute Gasteiger partial charge is 0.258 e. The fraction of sp³-hybridized carbons (Fsp3) is 0.333. The van der Waals surface area contributed by atoms with Crippen LogP contribution in [0.4, 0.5) is 5.69 Å². The molecule has 156 valence electrons. The summed E-state index contributed by atoms with van der Waals surface area (Å²) in [7, 11) is 1.64. The number of benzene rings is 2. The Balaban J connectivity index is 1.50. The number of thiazole rings is 1. The number of hydrogen-bond donors (Lipinski definition) is 0. The number of rotatable bonds is 8. The van der Waals surface area contributed by atoms with Gasteiger partial charge in [0.2, 0.25) is 0 Å². The number of amides is 1. The highest BCUT2D eigenvalue weighted by atomic mass is 32.1. The van der Waals surface area contributed by atoms with Gasteiger partial charge in [-0.2, -0.15) is 0 Å². The van der Waals surface area contributed by atoms with Crippen LogP contribution in [0.5, 0.6) is 11.5 Å². The van der Waals surface area contributed by atoms with Gasteiger partial charge in [-0.1, -0.05) is 0 Å². The van der Waals surface area contributed by atoms with Crippen LogP contribution in [0.15, 0.2) is 53.9 Å². The van der Waals surface area contributed by atoms with Crippen molar-refractivity contribution < 1.29 is 14.3 Å². The molecular formula is C24H26N2O3S. The predicted molar refractivity (Wildman–Crippen MR) is 120 cm³/mol. The van der Waals surface area contributed by atoms with Crippen LogP contribution >= 0.6 is 11.3 Å². The van der Waals surface area contributed by atoms with Crippen molar-refractivity contribution in [1.29, 1.82) is 0 Å². The lowest BCUT2D eigenvalue weighted by molar-refractivity contribution is 0.0975. The highest BCUT2D eigenvalue weighted by Gasteiger charge is 2.35. The first-order valence-corrected chi connectivity index (χ1v) is 11.0. The van der Waals surface area contributed by atoms with Gasteiger partial charge in [0, 0.05) is 22.7 Å². The van der Waals surface area contributed by atoms with Gasteiger partial charge in [0.25, 0.3) is 5.91 Å². The molecule has 1 aliphatic carbocycles. The first kappa shape index (κ1) is 20.4. The fourth-order valence-corrected chi connectivity index (χ4v) is 4.13. The van der Waals surface area contributed by atoms with Crippen molar-refractivity contribution in [3.05, 3.63) is 70.2 Å². The van der Waals surface area contributed by atoms with E-state index in [0.717, 1.165) is 27.9 Å². The molecule has 1 saturated carbocycles. The first-order valence-electron chi connectivity index (χ1n) is 10.2. The van der Waals surface area contributed by atoms with Gasteiger partial charge in [0.1, 0.15) is 18.1 Å². The molecule has 5 nitrogen and oxygen atoms in total. The Kier molecular flexibility index (Phi) is 6.04. The van der Waals surface area contributed by atoms with E-state index in [1.807, 2.05) is 65.7 Å². The third-order valence-electron chi connectivity index (χ3n) is 5.44. The minimum absolute atomic E-state index is 0.00115. The number of aryl methyl sites for hydroxylation is 1. The molecule has 30 heavy (non-hydrogen) atoms. The number of carbonyl (C=O) groups is 1. The standard InChI is InChI=1S/C24H26N2O3S/c1-16(18-4-5-18)26(21-8-12-22(28-3)13-9-21)24(27)19-6-10-23(11-7-19)29-14-20-15-30-17(2)25-20/h6-13,15-16,18H,4-5,14H2,1-3H3. The molecule has 6 heteroatoms. The Morgan fingerprint density at radius 3 is 2.37 bits per heavy atom. The summed E-state index contributed by atoms with van der Waals surface area (Å²) in [5.74, 6) is 2.06. The summed E-state index contributed by atoms with van der Waals surface area (Å²) in [6.45, 7) is 4.53. The molecule has 1 amide bonds.